The highest BCUT2D eigenvalue weighted by Crippen LogP contribution is 2.36. The number of Topliss-reactive ketones (excluding diaryl/α,β-unsaturated/α-hetero) is 1. The van der Waals surface area contributed by atoms with Crippen LogP contribution in [-0.4, -0.2) is 43.8 Å². The number of likely N-dealkylation sites (N-methyl/N-ethyl adjacent to an activating group) is 1. The van der Waals surface area contributed by atoms with Crippen molar-refractivity contribution in [1.82, 2.24) is 4.90 Å². The molecule has 106 valence electrons. The molecule has 5 N–H and O–H groups in total. The molecule has 0 aliphatic heterocycles. The van der Waals surface area contributed by atoms with Crippen molar-refractivity contribution in [2.45, 2.75) is 13.3 Å². The first-order valence-electron chi connectivity index (χ1n) is 6.02. The number of carbonyl (C=O) groups excluding carboxylic acids is 2. The first-order chi connectivity index (χ1) is 8.88. The normalized spacial score (nSPS) is 10.7. The van der Waals surface area contributed by atoms with Crippen LogP contribution in [0.5, 0.6) is 0 Å². The van der Waals surface area contributed by atoms with Crippen molar-refractivity contribution in [3.05, 3.63) is 10.4 Å². The number of nitrogens with zero attached hydrogens (tertiary/aromatic N) is 1. The van der Waals surface area contributed by atoms with Gasteiger partial charge in [-0.2, -0.15) is 0 Å². The molecule has 1 aromatic heterocycles. The first kappa shape index (κ1) is 15.5. The zero-order valence-corrected chi connectivity index (χ0v) is 12.3. The maximum atomic E-state index is 11.7. The second-order valence-electron chi connectivity index (χ2n) is 4.42. The monoisotopic (exact) mass is 284 g/mol. The summed E-state index contributed by atoms with van der Waals surface area (Å²) >= 11 is 1.19. The summed E-state index contributed by atoms with van der Waals surface area (Å²) in [5.74, 6) is -0.693. The summed E-state index contributed by atoms with van der Waals surface area (Å²) in [6.07, 6.45) is 0.347. The highest BCUT2D eigenvalue weighted by atomic mass is 32.1. The molecule has 1 heterocycles. The van der Waals surface area contributed by atoms with Crippen molar-refractivity contribution >= 4 is 33.7 Å². The molecule has 1 amide bonds. The Balaban J connectivity index is 3.02. The zero-order chi connectivity index (χ0) is 14.6. The van der Waals surface area contributed by atoms with Crippen LogP contribution in [0.3, 0.4) is 0 Å². The fraction of sp³-hybridized carbons (Fsp3) is 0.500. The van der Waals surface area contributed by atoms with E-state index in [1.807, 2.05) is 19.0 Å². The van der Waals surface area contributed by atoms with E-state index in [-0.39, 0.29) is 17.0 Å². The standard InChI is InChI=1S/C12H20N4O2S/c1-4-7(17)10-9(13)8(11(14)18)12(19-10)15-5-6-16(2)3/h15H,4-6,13H2,1-3H3,(H2,14,18). The summed E-state index contributed by atoms with van der Waals surface area (Å²) in [4.78, 5) is 25.6. The van der Waals surface area contributed by atoms with Crippen LogP contribution in [-0.2, 0) is 0 Å². The number of ketones is 1. The number of nitrogens with two attached hydrogens (primary N) is 2. The quantitative estimate of drug-likeness (QED) is 0.648. The number of primary amides is 1. The average molecular weight is 284 g/mol. The van der Waals surface area contributed by atoms with Gasteiger partial charge in [0.15, 0.2) is 5.78 Å². The van der Waals surface area contributed by atoms with Crippen LogP contribution in [0.15, 0.2) is 0 Å². The Morgan fingerprint density at radius 2 is 2.00 bits per heavy atom. The van der Waals surface area contributed by atoms with Gasteiger partial charge in [-0.15, -0.1) is 11.3 Å². The Labute approximate surface area is 116 Å². The van der Waals surface area contributed by atoms with E-state index >= 15 is 0 Å². The van der Waals surface area contributed by atoms with Gasteiger partial charge >= 0.3 is 0 Å². The van der Waals surface area contributed by atoms with Gasteiger partial charge in [0.2, 0.25) is 0 Å². The number of anilines is 2. The second-order valence-corrected chi connectivity index (χ2v) is 5.44. The van der Waals surface area contributed by atoms with Gasteiger partial charge in [0.1, 0.15) is 5.00 Å². The van der Waals surface area contributed by atoms with Crippen LogP contribution in [0.4, 0.5) is 10.7 Å². The number of hydrogen-bond acceptors (Lipinski definition) is 6. The fourth-order valence-electron chi connectivity index (χ4n) is 1.57. The van der Waals surface area contributed by atoms with E-state index in [0.29, 0.717) is 22.8 Å². The predicted molar refractivity (Wildman–Crippen MR) is 78.9 cm³/mol. The highest BCUT2D eigenvalue weighted by Gasteiger charge is 2.23. The van der Waals surface area contributed by atoms with Crippen molar-refractivity contribution in [1.29, 1.82) is 0 Å². The molecule has 0 saturated carbocycles. The molecule has 0 aliphatic carbocycles. The van der Waals surface area contributed by atoms with Gasteiger partial charge in [0.05, 0.1) is 16.1 Å². The number of rotatable bonds is 7. The zero-order valence-electron chi connectivity index (χ0n) is 11.4. The van der Waals surface area contributed by atoms with Gasteiger partial charge < -0.3 is 21.7 Å². The number of hydrogen-bond donors (Lipinski definition) is 3. The lowest BCUT2D eigenvalue weighted by Crippen LogP contribution is -2.22. The molecule has 0 atom stereocenters. The van der Waals surface area contributed by atoms with Crippen LogP contribution in [0.25, 0.3) is 0 Å². The van der Waals surface area contributed by atoms with Crippen molar-refractivity contribution in [3.8, 4) is 0 Å². The van der Waals surface area contributed by atoms with E-state index in [0.717, 1.165) is 6.54 Å². The summed E-state index contributed by atoms with van der Waals surface area (Å²) < 4.78 is 0. The molecular weight excluding hydrogens is 264 g/mol. The van der Waals surface area contributed by atoms with E-state index < -0.39 is 5.91 Å². The summed E-state index contributed by atoms with van der Waals surface area (Å²) in [6, 6.07) is 0. The third kappa shape index (κ3) is 3.68. The maximum absolute atomic E-state index is 11.7. The predicted octanol–water partition coefficient (Wildman–Crippen LogP) is 0.995. The summed E-state index contributed by atoms with van der Waals surface area (Å²) in [7, 11) is 3.90. The summed E-state index contributed by atoms with van der Waals surface area (Å²) in [6.45, 7) is 3.20. The molecule has 0 aliphatic rings. The van der Waals surface area contributed by atoms with Gasteiger partial charge in [-0.1, -0.05) is 6.92 Å². The van der Waals surface area contributed by atoms with Crippen LogP contribution in [0, 0.1) is 0 Å². The molecular formula is C12H20N4O2S. The molecule has 0 saturated heterocycles. The number of amides is 1. The minimum atomic E-state index is -0.615. The summed E-state index contributed by atoms with van der Waals surface area (Å²) in [5, 5.41) is 3.68. The van der Waals surface area contributed by atoms with Crippen LogP contribution in [0.1, 0.15) is 33.4 Å². The molecule has 0 unspecified atom stereocenters. The fourth-order valence-corrected chi connectivity index (χ4v) is 2.73. The Kier molecular flexibility index (Phi) is 5.31. The SMILES string of the molecule is CCC(=O)c1sc(NCCN(C)C)c(C(N)=O)c1N. The van der Waals surface area contributed by atoms with Crippen LogP contribution >= 0.6 is 11.3 Å². The minimum absolute atomic E-state index is 0.0781. The molecule has 0 radical (unpaired) electrons. The van der Waals surface area contributed by atoms with Gasteiger partial charge in [0, 0.05) is 19.5 Å². The topological polar surface area (TPSA) is 101 Å². The Morgan fingerprint density at radius 3 is 2.47 bits per heavy atom. The minimum Gasteiger partial charge on any atom is -0.397 e. The van der Waals surface area contributed by atoms with Gasteiger partial charge in [0.25, 0.3) is 5.91 Å². The van der Waals surface area contributed by atoms with Crippen molar-refractivity contribution in [2.75, 3.05) is 38.2 Å². The van der Waals surface area contributed by atoms with Crippen LogP contribution in [0.2, 0.25) is 0 Å². The third-order valence-corrected chi connectivity index (χ3v) is 3.81. The highest BCUT2D eigenvalue weighted by molar-refractivity contribution is 7.19. The number of carbonyl (C=O) groups is 2. The van der Waals surface area contributed by atoms with E-state index in [2.05, 4.69) is 5.32 Å². The van der Waals surface area contributed by atoms with Crippen LogP contribution < -0.4 is 16.8 Å². The molecule has 0 aromatic carbocycles. The molecule has 7 heteroatoms. The Morgan fingerprint density at radius 1 is 1.37 bits per heavy atom. The Bertz CT molecular complexity index is 482. The second kappa shape index (κ2) is 6.53. The van der Waals surface area contributed by atoms with Crippen molar-refractivity contribution < 1.29 is 9.59 Å². The number of nitrogens with one attached hydrogen (secondary N) is 1. The Hall–Kier alpha value is -1.60. The summed E-state index contributed by atoms with van der Waals surface area (Å²) in [5.41, 5.74) is 11.6. The molecule has 0 bridgehead atoms. The van der Waals surface area contributed by atoms with Gasteiger partial charge in [-0.25, -0.2) is 0 Å². The number of nitrogen functional groups attached to an aromatic ring is 1. The van der Waals surface area contributed by atoms with E-state index in [9.17, 15) is 9.59 Å². The van der Waals surface area contributed by atoms with E-state index in [1.54, 1.807) is 6.92 Å². The van der Waals surface area contributed by atoms with E-state index in [4.69, 9.17) is 11.5 Å². The third-order valence-electron chi connectivity index (χ3n) is 2.61. The lowest BCUT2D eigenvalue weighted by Gasteiger charge is -2.10. The molecule has 0 fully saturated rings. The van der Waals surface area contributed by atoms with Crippen molar-refractivity contribution in [3.63, 3.8) is 0 Å². The lowest BCUT2D eigenvalue weighted by molar-refractivity contribution is 0.0991. The molecule has 1 rings (SSSR count). The first-order valence-corrected chi connectivity index (χ1v) is 6.84. The molecule has 6 nitrogen and oxygen atoms in total. The van der Waals surface area contributed by atoms with Gasteiger partial charge in [-0.3, -0.25) is 9.59 Å². The molecule has 19 heavy (non-hydrogen) atoms. The number of thiophene rings is 1. The van der Waals surface area contributed by atoms with Crippen molar-refractivity contribution in [2.24, 2.45) is 5.73 Å². The maximum Gasteiger partial charge on any atom is 0.253 e. The molecule has 1 aromatic rings. The van der Waals surface area contributed by atoms with E-state index in [1.165, 1.54) is 11.3 Å². The molecule has 0 spiro atoms. The lowest BCUT2D eigenvalue weighted by atomic mass is 10.1. The average Bonchev–Trinajstić information content (AvgIpc) is 2.65. The smallest absolute Gasteiger partial charge is 0.253 e. The largest absolute Gasteiger partial charge is 0.397 e. The van der Waals surface area contributed by atoms with Gasteiger partial charge in [-0.05, 0) is 14.1 Å².